The number of hydrogen-bond donors (Lipinski definition) is 0. The first-order valence-electron chi connectivity index (χ1n) is 10.6. The monoisotopic (exact) mass is 489 g/mol. The van der Waals surface area contributed by atoms with Crippen LogP contribution in [0.4, 0.5) is 0 Å². The molecule has 4 rings (SSSR count). The maximum absolute atomic E-state index is 13.2. The molecule has 0 N–H and O–H groups in total. The van der Waals surface area contributed by atoms with Gasteiger partial charge in [0.1, 0.15) is 12.4 Å². The Balaban J connectivity index is 1.37. The van der Waals surface area contributed by atoms with Crippen molar-refractivity contribution in [1.29, 1.82) is 0 Å². The molecule has 0 unspecified atom stereocenters. The summed E-state index contributed by atoms with van der Waals surface area (Å²) >= 11 is 12.1. The van der Waals surface area contributed by atoms with Crippen LogP contribution in [0, 0.1) is 6.92 Å². The van der Waals surface area contributed by atoms with Gasteiger partial charge < -0.3 is 18.9 Å². The van der Waals surface area contributed by atoms with E-state index in [2.05, 4.69) is 10.1 Å². The maximum Gasteiger partial charge on any atom is 0.276 e. The van der Waals surface area contributed by atoms with Gasteiger partial charge in [0.15, 0.2) is 17.2 Å². The fourth-order valence-electron chi connectivity index (χ4n) is 3.77. The largest absolute Gasteiger partial charge is 0.493 e. The number of piperazine rings is 1. The van der Waals surface area contributed by atoms with Crippen LogP contribution in [0.2, 0.25) is 10.0 Å². The average Bonchev–Trinajstić information content (AvgIpc) is 3.20. The van der Waals surface area contributed by atoms with Crippen molar-refractivity contribution in [3.63, 3.8) is 0 Å². The van der Waals surface area contributed by atoms with Crippen molar-refractivity contribution in [3.05, 3.63) is 75.1 Å². The summed E-state index contributed by atoms with van der Waals surface area (Å²) in [6.07, 6.45) is 0. The van der Waals surface area contributed by atoms with E-state index in [-0.39, 0.29) is 12.5 Å². The Kier molecular flexibility index (Phi) is 7.42. The summed E-state index contributed by atoms with van der Waals surface area (Å²) in [5, 5.41) is 5.13. The molecule has 1 aliphatic rings. The highest BCUT2D eigenvalue weighted by molar-refractivity contribution is 6.42. The molecule has 0 spiro atoms. The maximum atomic E-state index is 13.2. The van der Waals surface area contributed by atoms with Crippen LogP contribution in [-0.4, -0.2) is 54.2 Å². The molecule has 7 nitrogen and oxygen atoms in total. The smallest absolute Gasteiger partial charge is 0.276 e. The Labute approximate surface area is 202 Å². The summed E-state index contributed by atoms with van der Waals surface area (Å²) in [5.41, 5.74) is 2.02. The van der Waals surface area contributed by atoms with Crippen LogP contribution < -0.4 is 9.47 Å². The molecule has 33 heavy (non-hydrogen) atoms. The highest BCUT2D eigenvalue weighted by Crippen LogP contribution is 2.28. The van der Waals surface area contributed by atoms with Crippen LogP contribution in [0.15, 0.2) is 47.0 Å². The summed E-state index contributed by atoms with van der Waals surface area (Å²) in [7, 11) is 1.59. The van der Waals surface area contributed by atoms with Crippen LogP contribution >= 0.6 is 23.2 Å². The molecule has 0 atom stereocenters. The predicted octanol–water partition coefficient (Wildman–Crippen LogP) is 4.84. The third-order valence-electron chi connectivity index (χ3n) is 5.68. The lowest BCUT2D eigenvalue weighted by Crippen LogP contribution is -2.48. The van der Waals surface area contributed by atoms with Crippen molar-refractivity contribution in [2.75, 3.05) is 33.3 Å². The third kappa shape index (κ3) is 5.43. The Bertz CT molecular complexity index is 1130. The van der Waals surface area contributed by atoms with Crippen molar-refractivity contribution in [2.45, 2.75) is 20.1 Å². The van der Waals surface area contributed by atoms with E-state index in [0.29, 0.717) is 51.7 Å². The molecular weight excluding hydrogens is 465 g/mol. The zero-order chi connectivity index (χ0) is 23.4. The third-order valence-corrected chi connectivity index (χ3v) is 6.42. The van der Waals surface area contributed by atoms with E-state index in [9.17, 15) is 4.79 Å². The van der Waals surface area contributed by atoms with Crippen LogP contribution in [0.3, 0.4) is 0 Å². The molecule has 2 heterocycles. The van der Waals surface area contributed by atoms with Crippen LogP contribution in [0.25, 0.3) is 0 Å². The summed E-state index contributed by atoms with van der Waals surface area (Å²) < 4.78 is 16.6. The van der Waals surface area contributed by atoms with Gasteiger partial charge in [-0.15, -0.1) is 0 Å². The first-order valence-corrected chi connectivity index (χ1v) is 11.4. The number of carbonyl (C=O) groups is 1. The number of aryl methyl sites for hydroxylation is 1. The first-order chi connectivity index (χ1) is 16.0. The number of para-hydroxylation sites is 2. The standard InChI is InChI=1S/C24H25Cl2N3O4/c1-16-18(15-32-22-6-4-3-5-21(22)31-2)23(27-33-16)24(30)29-11-9-28(10-12-29)14-17-7-8-19(25)20(26)13-17/h3-8,13H,9-12,14-15H2,1-2H3. The normalized spacial score (nSPS) is 14.4. The molecule has 1 aromatic heterocycles. The van der Waals surface area contributed by atoms with Gasteiger partial charge in [-0.3, -0.25) is 9.69 Å². The number of methoxy groups -OCH3 is 1. The number of ether oxygens (including phenoxy) is 2. The summed E-state index contributed by atoms with van der Waals surface area (Å²) in [5.74, 6) is 1.62. The molecule has 3 aromatic rings. The van der Waals surface area contributed by atoms with Crippen molar-refractivity contribution in [3.8, 4) is 11.5 Å². The lowest BCUT2D eigenvalue weighted by molar-refractivity contribution is 0.0616. The minimum absolute atomic E-state index is 0.153. The van der Waals surface area contributed by atoms with Gasteiger partial charge in [0, 0.05) is 32.7 Å². The minimum Gasteiger partial charge on any atom is -0.493 e. The second-order valence-corrected chi connectivity index (χ2v) is 8.64. The molecule has 1 amide bonds. The zero-order valence-electron chi connectivity index (χ0n) is 18.5. The number of aromatic nitrogens is 1. The first kappa shape index (κ1) is 23.4. The van der Waals surface area contributed by atoms with Crippen LogP contribution in [0.1, 0.15) is 27.4 Å². The lowest BCUT2D eigenvalue weighted by atomic mass is 10.1. The van der Waals surface area contributed by atoms with E-state index in [1.807, 2.05) is 36.4 Å². The van der Waals surface area contributed by atoms with Crippen LogP contribution in [0.5, 0.6) is 11.5 Å². The number of rotatable bonds is 7. The number of carbonyl (C=O) groups excluding carboxylic acids is 1. The van der Waals surface area contributed by atoms with Gasteiger partial charge in [-0.2, -0.15) is 0 Å². The molecule has 1 saturated heterocycles. The fourth-order valence-corrected chi connectivity index (χ4v) is 4.09. The van der Waals surface area contributed by atoms with Gasteiger partial charge in [-0.05, 0) is 36.8 Å². The fraction of sp³-hybridized carbons (Fsp3) is 0.333. The predicted molar refractivity (Wildman–Crippen MR) is 126 cm³/mol. The van der Waals surface area contributed by atoms with E-state index in [0.717, 1.165) is 25.2 Å². The van der Waals surface area contributed by atoms with Crippen LogP contribution in [-0.2, 0) is 13.2 Å². The molecule has 9 heteroatoms. The molecule has 0 saturated carbocycles. The van der Waals surface area contributed by atoms with Gasteiger partial charge in [-0.25, -0.2) is 0 Å². The molecule has 0 radical (unpaired) electrons. The lowest BCUT2D eigenvalue weighted by Gasteiger charge is -2.34. The van der Waals surface area contributed by atoms with E-state index in [1.54, 1.807) is 25.0 Å². The Hall–Kier alpha value is -2.74. The average molecular weight is 490 g/mol. The Morgan fingerprint density at radius 2 is 1.79 bits per heavy atom. The van der Waals surface area contributed by atoms with Gasteiger partial charge in [0.25, 0.3) is 5.91 Å². The molecule has 2 aromatic carbocycles. The quantitative estimate of drug-likeness (QED) is 0.473. The molecule has 174 valence electrons. The van der Waals surface area contributed by atoms with Gasteiger partial charge in [0.05, 0.1) is 22.7 Å². The van der Waals surface area contributed by atoms with Crippen molar-refractivity contribution >= 4 is 29.1 Å². The summed E-state index contributed by atoms with van der Waals surface area (Å²) in [4.78, 5) is 17.3. The van der Waals surface area contributed by atoms with Gasteiger partial charge in [0.2, 0.25) is 0 Å². The Morgan fingerprint density at radius 1 is 1.06 bits per heavy atom. The number of hydrogen-bond acceptors (Lipinski definition) is 6. The van der Waals surface area contributed by atoms with E-state index >= 15 is 0 Å². The van der Waals surface area contributed by atoms with Crippen molar-refractivity contribution < 1.29 is 18.8 Å². The van der Waals surface area contributed by atoms with Gasteiger partial charge in [-0.1, -0.05) is 46.6 Å². The minimum atomic E-state index is -0.153. The Morgan fingerprint density at radius 3 is 2.48 bits per heavy atom. The molecule has 0 bridgehead atoms. The number of halogens is 2. The molecule has 0 aliphatic carbocycles. The number of benzene rings is 2. The molecule has 1 fully saturated rings. The second kappa shape index (κ2) is 10.5. The zero-order valence-corrected chi connectivity index (χ0v) is 20.0. The number of nitrogens with zero attached hydrogens (tertiary/aromatic N) is 3. The molecule has 1 aliphatic heterocycles. The van der Waals surface area contributed by atoms with Crippen molar-refractivity contribution in [2.24, 2.45) is 0 Å². The van der Waals surface area contributed by atoms with E-state index in [1.165, 1.54) is 0 Å². The van der Waals surface area contributed by atoms with Crippen molar-refractivity contribution in [1.82, 2.24) is 15.0 Å². The second-order valence-electron chi connectivity index (χ2n) is 7.82. The highest BCUT2D eigenvalue weighted by atomic mass is 35.5. The summed E-state index contributed by atoms with van der Waals surface area (Å²) in [6, 6.07) is 13.0. The van der Waals surface area contributed by atoms with E-state index < -0.39 is 0 Å². The summed E-state index contributed by atoms with van der Waals surface area (Å²) in [6.45, 7) is 5.37. The van der Waals surface area contributed by atoms with Gasteiger partial charge >= 0.3 is 0 Å². The number of amides is 1. The SMILES string of the molecule is COc1ccccc1OCc1c(C(=O)N2CCN(Cc3ccc(Cl)c(Cl)c3)CC2)noc1C. The highest BCUT2D eigenvalue weighted by Gasteiger charge is 2.28. The molecular formula is C24H25Cl2N3O4. The topological polar surface area (TPSA) is 68.0 Å². The van der Waals surface area contributed by atoms with E-state index in [4.69, 9.17) is 37.2 Å².